The Labute approximate surface area is 137 Å². The van der Waals surface area contributed by atoms with E-state index in [9.17, 15) is 9.59 Å². The fourth-order valence-electron chi connectivity index (χ4n) is 3.72. The molecule has 2 heterocycles. The van der Waals surface area contributed by atoms with Gasteiger partial charge in [0.1, 0.15) is 0 Å². The number of hydrogen-bond donors (Lipinski definition) is 1. The highest BCUT2D eigenvalue weighted by atomic mass is 79.9. The molecule has 21 heavy (non-hydrogen) atoms. The quantitative estimate of drug-likeness (QED) is 0.772. The fraction of sp³-hybridized carbons (Fsp3) is 0.500. The van der Waals surface area contributed by atoms with Crippen molar-refractivity contribution in [3.8, 4) is 0 Å². The van der Waals surface area contributed by atoms with Gasteiger partial charge in [-0.15, -0.1) is 0 Å². The van der Waals surface area contributed by atoms with E-state index >= 15 is 0 Å². The summed E-state index contributed by atoms with van der Waals surface area (Å²) in [5, 5.41) is 2.84. The summed E-state index contributed by atoms with van der Waals surface area (Å²) in [4.78, 5) is 24.6. The monoisotopic (exact) mass is 367 g/mol. The van der Waals surface area contributed by atoms with E-state index in [2.05, 4.69) is 28.2 Å². The summed E-state index contributed by atoms with van der Waals surface area (Å²) in [6, 6.07) is 7.87. The van der Waals surface area contributed by atoms with Crippen LogP contribution in [0.3, 0.4) is 0 Å². The van der Waals surface area contributed by atoms with Crippen LogP contribution in [0.25, 0.3) is 0 Å². The lowest BCUT2D eigenvalue weighted by Gasteiger charge is -2.49. The standard InChI is InChI=1S/C16H18BrNO2S/c1-10-16(7-4-8-21-10)9-13(19)18-15(20)14(16)11-5-2-3-6-12(11)17/h2-3,5-6,10,14H,4,7-9H2,1H3,(H,18,19,20). The molecule has 2 saturated heterocycles. The van der Waals surface area contributed by atoms with Crippen molar-refractivity contribution in [1.82, 2.24) is 5.32 Å². The van der Waals surface area contributed by atoms with Crippen LogP contribution in [0.2, 0.25) is 0 Å². The first-order valence-electron chi connectivity index (χ1n) is 7.24. The Morgan fingerprint density at radius 1 is 1.33 bits per heavy atom. The van der Waals surface area contributed by atoms with Gasteiger partial charge in [0.15, 0.2) is 0 Å². The molecule has 2 fully saturated rings. The molecular formula is C16H18BrNO2S. The molecule has 1 N–H and O–H groups in total. The third-order valence-corrected chi connectivity index (χ3v) is 6.99. The molecule has 2 aliphatic rings. The van der Waals surface area contributed by atoms with Gasteiger partial charge < -0.3 is 0 Å². The number of benzene rings is 1. The molecule has 5 heteroatoms. The van der Waals surface area contributed by atoms with E-state index < -0.39 is 0 Å². The molecule has 2 aliphatic heterocycles. The number of hydrogen-bond acceptors (Lipinski definition) is 3. The molecule has 0 aromatic heterocycles. The Hall–Kier alpha value is -0.810. The summed E-state index contributed by atoms with van der Waals surface area (Å²) in [5.41, 5.74) is 0.739. The first-order valence-corrected chi connectivity index (χ1v) is 9.08. The second kappa shape index (κ2) is 5.76. The van der Waals surface area contributed by atoms with Crippen LogP contribution >= 0.6 is 27.7 Å². The van der Waals surface area contributed by atoms with Crippen LogP contribution in [-0.2, 0) is 9.59 Å². The number of carbonyl (C=O) groups is 2. The van der Waals surface area contributed by atoms with Crippen molar-refractivity contribution in [2.45, 2.75) is 37.4 Å². The highest BCUT2D eigenvalue weighted by Gasteiger charge is 2.53. The third-order valence-electron chi connectivity index (χ3n) is 4.77. The molecule has 3 nitrogen and oxygen atoms in total. The number of imide groups is 1. The lowest BCUT2D eigenvalue weighted by molar-refractivity contribution is -0.140. The molecular weight excluding hydrogens is 350 g/mol. The summed E-state index contributed by atoms with van der Waals surface area (Å²) >= 11 is 5.46. The van der Waals surface area contributed by atoms with Crippen LogP contribution in [0.15, 0.2) is 28.7 Å². The summed E-state index contributed by atoms with van der Waals surface area (Å²) < 4.78 is 0.946. The number of carbonyl (C=O) groups excluding carboxylic acids is 2. The maximum atomic E-state index is 12.6. The van der Waals surface area contributed by atoms with Crippen LogP contribution in [0, 0.1) is 5.41 Å². The lowest BCUT2D eigenvalue weighted by atomic mass is 9.63. The molecule has 2 amide bonds. The number of piperidine rings is 1. The van der Waals surface area contributed by atoms with Crippen molar-refractivity contribution in [2.24, 2.45) is 5.41 Å². The van der Waals surface area contributed by atoms with Gasteiger partial charge in [-0.2, -0.15) is 11.8 Å². The molecule has 1 spiro atoms. The van der Waals surface area contributed by atoms with Gasteiger partial charge in [0, 0.05) is 21.6 Å². The van der Waals surface area contributed by atoms with E-state index in [4.69, 9.17) is 0 Å². The number of halogens is 1. The molecule has 3 rings (SSSR count). The Morgan fingerprint density at radius 3 is 2.81 bits per heavy atom. The zero-order chi connectivity index (χ0) is 15.0. The average molecular weight is 368 g/mol. The van der Waals surface area contributed by atoms with E-state index in [1.807, 2.05) is 36.0 Å². The maximum absolute atomic E-state index is 12.6. The van der Waals surface area contributed by atoms with Crippen molar-refractivity contribution >= 4 is 39.5 Å². The number of thioether (sulfide) groups is 1. The Morgan fingerprint density at radius 2 is 2.10 bits per heavy atom. The molecule has 112 valence electrons. The summed E-state index contributed by atoms with van der Waals surface area (Å²) in [6.07, 6.45) is 2.45. The van der Waals surface area contributed by atoms with E-state index in [1.54, 1.807) is 0 Å². The third kappa shape index (κ3) is 2.55. The Balaban J connectivity index is 2.11. The predicted octanol–water partition coefficient (Wildman–Crippen LogP) is 3.48. The van der Waals surface area contributed by atoms with Gasteiger partial charge in [0.05, 0.1) is 5.92 Å². The van der Waals surface area contributed by atoms with Crippen LogP contribution < -0.4 is 5.32 Å². The van der Waals surface area contributed by atoms with Crippen molar-refractivity contribution in [3.63, 3.8) is 0 Å². The largest absolute Gasteiger partial charge is 0.296 e. The molecule has 3 atom stereocenters. The number of nitrogens with one attached hydrogen (secondary N) is 1. The summed E-state index contributed by atoms with van der Waals surface area (Å²) in [5.74, 6) is 0.584. The van der Waals surface area contributed by atoms with Crippen LogP contribution in [-0.4, -0.2) is 22.8 Å². The molecule has 3 unspecified atom stereocenters. The zero-order valence-corrected chi connectivity index (χ0v) is 14.3. The van der Waals surface area contributed by atoms with Gasteiger partial charge in [-0.25, -0.2) is 0 Å². The van der Waals surface area contributed by atoms with Gasteiger partial charge in [-0.3, -0.25) is 14.9 Å². The predicted molar refractivity (Wildman–Crippen MR) is 88.2 cm³/mol. The Bertz CT molecular complexity index is 591. The molecule has 0 aliphatic carbocycles. The Kier molecular flexibility index (Phi) is 4.14. The smallest absolute Gasteiger partial charge is 0.234 e. The van der Waals surface area contributed by atoms with E-state index in [-0.39, 0.29) is 23.1 Å². The average Bonchev–Trinajstić information content (AvgIpc) is 2.43. The highest BCUT2D eigenvalue weighted by molar-refractivity contribution is 9.10. The van der Waals surface area contributed by atoms with Crippen molar-refractivity contribution < 1.29 is 9.59 Å². The van der Waals surface area contributed by atoms with Crippen LogP contribution in [0.5, 0.6) is 0 Å². The first kappa shape index (κ1) is 15.1. The minimum absolute atomic E-state index is 0.127. The number of rotatable bonds is 1. The highest BCUT2D eigenvalue weighted by Crippen LogP contribution is 2.55. The topological polar surface area (TPSA) is 46.2 Å². The maximum Gasteiger partial charge on any atom is 0.234 e. The minimum atomic E-state index is -0.258. The van der Waals surface area contributed by atoms with Gasteiger partial charge >= 0.3 is 0 Å². The second-order valence-corrected chi connectivity index (χ2v) is 8.20. The zero-order valence-electron chi connectivity index (χ0n) is 11.9. The van der Waals surface area contributed by atoms with Gasteiger partial charge in [-0.1, -0.05) is 41.1 Å². The van der Waals surface area contributed by atoms with E-state index in [0.29, 0.717) is 11.7 Å². The van der Waals surface area contributed by atoms with E-state index in [1.165, 1.54) is 0 Å². The summed E-state index contributed by atoms with van der Waals surface area (Å²) in [6.45, 7) is 2.17. The molecule has 0 bridgehead atoms. The molecule has 0 saturated carbocycles. The minimum Gasteiger partial charge on any atom is -0.296 e. The fourth-order valence-corrected chi connectivity index (χ4v) is 5.57. The molecule has 0 radical (unpaired) electrons. The lowest BCUT2D eigenvalue weighted by Crippen LogP contribution is -2.55. The second-order valence-electron chi connectivity index (χ2n) is 5.89. The van der Waals surface area contributed by atoms with Gasteiger partial charge in [-0.05, 0) is 30.2 Å². The van der Waals surface area contributed by atoms with Crippen LogP contribution in [0.4, 0.5) is 0 Å². The van der Waals surface area contributed by atoms with E-state index in [0.717, 1.165) is 28.6 Å². The molecule has 1 aromatic carbocycles. The molecule has 1 aromatic rings. The number of amides is 2. The SMILES string of the molecule is CC1SCCCC12CC(=O)NC(=O)C2c1ccccc1Br. The van der Waals surface area contributed by atoms with Gasteiger partial charge in [0.2, 0.25) is 11.8 Å². The summed E-state index contributed by atoms with van der Waals surface area (Å²) in [7, 11) is 0. The normalized spacial score (nSPS) is 33.0. The van der Waals surface area contributed by atoms with Crippen molar-refractivity contribution in [2.75, 3.05) is 5.75 Å². The van der Waals surface area contributed by atoms with Crippen molar-refractivity contribution in [1.29, 1.82) is 0 Å². The van der Waals surface area contributed by atoms with Gasteiger partial charge in [0.25, 0.3) is 0 Å². The van der Waals surface area contributed by atoms with Crippen molar-refractivity contribution in [3.05, 3.63) is 34.3 Å². The first-order chi connectivity index (χ1) is 10.0. The van der Waals surface area contributed by atoms with Crippen LogP contribution in [0.1, 0.15) is 37.7 Å².